The Morgan fingerprint density at radius 2 is 2.14 bits per heavy atom. The van der Waals surface area contributed by atoms with Crippen LogP contribution in [-0.2, 0) is 4.79 Å². The molecule has 0 saturated carbocycles. The first-order valence-corrected chi connectivity index (χ1v) is 6.55. The molecule has 0 fully saturated rings. The Morgan fingerprint density at radius 3 is 2.90 bits per heavy atom. The van der Waals surface area contributed by atoms with Crippen molar-refractivity contribution in [2.45, 2.75) is 6.04 Å². The van der Waals surface area contributed by atoms with Crippen LogP contribution in [0.25, 0.3) is 0 Å². The average Bonchev–Trinajstić information content (AvgIpc) is 2.74. The van der Waals surface area contributed by atoms with Crippen molar-refractivity contribution in [1.82, 2.24) is 4.98 Å². The van der Waals surface area contributed by atoms with Gasteiger partial charge in [-0.05, 0) is 24.3 Å². The van der Waals surface area contributed by atoms with Crippen LogP contribution >= 0.6 is 0 Å². The lowest BCUT2D eigenvalue weighted by molar-refractivity contribution is -0.116. The second-order valence-corrected chi connectivity index (χ2v) is 5.07. The number of carbonyl (C=O) groups is 1. The van der Waals surface area contributed by atoms with Crippen molar-refractivity contribution in [3.63, 3.8) is 0 Å². The van der Waals surface area contributed by atoms with E-state index in [1.165, 1.54) is 12.1 Å². The summed E-state index contributed by atoms with van der Waals surface area (Å²) in [6, 6.07) is 7.40. The van der Waals surface area contributed by atoms with Crippen molar-refractivity contribution < 1.29 is 9.18 Å². The highest BCUT2D eigenvalue weighted by Crippen LogP contribution is 2.35. The molecule has 0 bridgehead atoms. The first-order valence-electron chi connectivity index (χ1n) is 6.55. The Bertz CT molecular complexity index is 702. The molecular weight excluding hydrogens is 271 g/mol. The highest BCUT2D eigenvalue weighted by molar-refractivity contribution is 6.04. The number of amides is 1. The van der Waals surface area contributed by atoms with E-state index in [1.807, 2.05) is 25.1 Å². The molecule has 108 valence electrons. The summed E-state index contributed by atoms with van der Waals surface area (Å²) in [6.07, 6.45) is 1.69. The minimum atomic E-state index is -0.552. The van der Waals surface area contributed by atoms with Gasteiger partial charge in [-0.3, -0.25) is 4.79 Å². The monoisotopic (exact) mass is 286 g/mol. The molecule has 1 amide bonds. The summed E-state index contributed by atoms with van der Waals surface area (Å²) in [5.41, 5.74) is 1.99. The predicted octanol–water partition coefficient (Wildman–Crippen LogP) is 2.39. The van der Waals surface area contributed by atoms with Gasteiger partial charge in [-0.15, -0.1) is 0 Å². The molecule has 21 heavy (non-hydrogen) atoms. The molecule has 0 saturated heterocycles. The molecule has 1 aromatic carbocycles. The van der Waals surface area contributed by atoms with Crippen molar-refractivity contribution in [3.8, 4) is 0 Å². The van der Waals surface area contributed by atoms with Crippen molar-refractivity contribution >= 4 is 23.1 Å². The first-order chi connectivity index (χ1) is 10.1. The molecule has 2 aromatic rings. The molecule has 1 atom stereocenters. The van der Waals surface area contributed by atoms with Crippen LogP contribution in [0.1, 0.15) is 11.6 Å². The van der Waals surface area contributed by atoms with Crippen LogP contribution in [0.3, 0.4) is 0 Å². The van der Waals surface area contributed by atoms with E-state index in [0.717, 1.165) is 17.1 Å². The van der Waals surface area contributed by atoms with Crippen molar-refractivity contribution in [3.05, 3.63) is 47.9 Å². The summed E-state index contributed by atoms with van der Waals surface area (Å²) >= 11 is 0. The number of anilines is 3. The maximum absolute atomic E-state index is 13.2. The molecule has 2 heterocycles. The summed E-state index contributed by atoms with van der Waals surface area (Å²) < 4.78 is 13.2. The lowest BCUT2D eigenvalue weighted by atomic mass is 10.1. The number of nitrogens with zero attached hydrogens (tertiary/aromatic N) is 2. The number of hydrogen-bond donors (Lipinski definition) is 2. The van der Waals surface area contributed by atoms with Gasteiger partial charge in [0.15, 0.2) is 5.82 Å². The van der Waals surface area contributed by atoms with Crippen LogP contribution < -0.4 is 15.5 Å². The number of hydrogen-bond acceptors (Lipinski definition) is 4. The molecule has 5 nitrogen and oxygen atoms in total. The van der Waals surface area contributed by atoms with Crippen molar-refractivity contribution in [2.24, 2.45) is 0 Å². The van der Waals surface area contributed by atoms with Gasteiger partial charge < -0.3 is 15.5 Å². The number of aromatic nitrogens is 1. The summed E-state index contributed by atoms with van der Waals surface area (Å²) in [5, 5.41) is 5.86. The number of fused-ring (bicyclic) bond motifs is 1. The van der Waals surface area contributed by atoms with Crippen LogP contribution in [0.15, 0.2) is 36.5 Å². The van der Waals surface area contributed by atoms with Crippen molar-refractivity contribution in [1.29, 1.82) is 0 Å². The first kappa shape index (κ1) is 13.4. The highest BCUT2D eigenvalue weighted by atomic mass is 19.1. The van der Waals surface area contributed by atoms with Gasteiger partial charge in [-0.25, -0.2) is 9.37 Å². The van der Waals surface area contributed by atoms with Gasteiger partial charge in [-0.1, -0.05) is 6.07 Å². The predicted molar refractivity (Wildman–Crippen MR) is 80.0 cm³/mol. The summed E-state index contributed by atoms with van der Waals surface area (Å²) in [6.45, 7) is 0. The fourth-order valence-corrected chi connectivity index (χ4v) is 2.40. The summed E-state index contributed by atoms with van der Waals surface area (Å²) in [5.74, 6) is 0.162. The van der Waals surface area contributed by atoms with Gasteiger partial charge in [0.2, 0.25) is 0 Å². The smallest absolute Gasteiger partial charge is 0.251 e. The van der Waals surface area contributed by atoms with E-state index < -0.39 is 6.04 Å². The normalized spacial score (nSPS) is 16.3. The molecule has 1 unspecified atom stereocenters. The third kappa shape index (κ3) is 2.40. The largest absolute Gasteiger partial charge is 0.367 e. The van der Waals surface area contributed by atoms with Gasteiger partial charge >= 0.3 is 0 Å². The molecule has 1 aromatic heterocycles. The zero-order valence-corrected chi connectivity index (χ0v) is 11.7. The lowest BCUT2D eigenvalue weighted by Gasteiger charge is -2.19. The van der Waals surface area contributed by atoms with Crippen molar-refractivity contribution in [2.75, 3.05) is 29.6 Å². The van der Waals surface area contributed by atoms with Crippen LogP contribution in [0.5, 0.6) is 0 Å². The zero-order valence-electron chi connectivity index (χ0n) is 11.7. The molecule has 6 heteroatoms. The third-order valence-corrected chi connectivity index (χ3v) is 3.36. The number of pyridine rings is 1. The SMILES string of the molecule is CN(C)c1ncccc1NC1C(=O)Nc2cc(F)ccc21. The van der Waals surface area contributed by atoms with Gasteiger partial charge in [0.25, 0.3) is 5.91 Å². The molecule has 0 radical (unpaired) electrons. The molecule has 3 rings (SSSR count). The number of rotatable bonds is 3. The van der Waals surface area contributed by atoms with Crippen LogP contribution in [0.4, 0.5) is 21.6 Å². The molecule has 0 spiro atoms. The second-order valence-electron chi connectivity index (χ2n) is 5.07. The maximum atomic E-state index is 13.2. The number of halogens is 1. The van der Waals surface area contributed by atoms with Gasteiger partial charge in [-0.2, -0.15) is 0 Å². The number of carbonyl (C=O) groups excluding carboxylic acids is 1. The molecule has 1 aliphatic heterocycles. The quantitative estimate of drug-likeness (QED) is 0.909. The van der Waals surface area contributed by atoms with Gasteiger partial charge in [0, 0.05) is 31.5 Å². The van der Waals surface area contributed by atoms with E-state index in [0.29, 0.717) is 5.69 Å². The van der Waals surface area contributed by atoms with Gasteiger partial charge in [0.1, 0.15) is 11.9 Å². The van der Waals surface area contributed by atoms with Crippen LogP contribution in [0, 0.1) is 5.82 Å². The molecular formula is C15H15FN4O. The second kappa shape index (κ2) is 5.05. The van der Waals surface area contributed by atoms with Gasteiger partial charge in [0.05, 0.1) is 5.69 Å². The number of benzene rings is 1. The van der Waals surface area contributed by atoms with E-state index in [4.69, 9.17) is 0 Å². The Kier molecular flexibility index (Phi) is 3.21. The molecule has 0 aliphatic carbocycles. The minimum Gasteiger partial charge on any atom is -0.367 e. The van der Waals surface area contributed by atoms with Crippen LogP contribution in [0.2, 0.25) is 0 Å². The molecule has 2 N–H and O–H groups in total. The Hall–Kier alpha value is -2.63. The fraction of sp³-hybridized carbons (Fsp3) is 0.200. The highest BCUT2D eigenvalue weighted by Gasteiger charge is 2.31. The minimum absolute atomic E-state index is 0.204. The third-order valence-electron chi connectivity index (χ3n) is 3.36. The molecule has 1 aliphatic rings. The standard InChI is InChI=1S/C15H15FN4O/c1-20(2)14-11(4-3-7-17-14)18-13-10-6-5-9(16)8-12(10)19-15(13)21/h3-8,13,18H,1-2H3,(H,19,21). The summed E-state index contributed by atoms with van der Waals surface area (Å²) in [7, 11) is 3.76. The number of nitrogens with one attached hydrogen (secondary N) is 2. The van der Waals surface area contributed by atoms with E-state index in [1.54, 1.807) is 18.3 Å². The maximum Gasteiger partial charge on any atom is 0.251 e. The Morgan fingerprint density at radius 1 is 1.33 bits per heavy atom. The summed E-state index contributed by atoms with van der Waals surface area (Å²) in [4.78, 5) is 18.2. The fourth-order valence-electron chi connectivity index (χ4n) is 2.40. The average molecular weight is 286 g/mol. The topological polar surface area (TPSA) is 57.3 Å². The lowest BCUT2D eigenvalue weighted by Crippen LogP contribution is -2.21. The van der Waals surface area contributed by atoms with E-state index in [-0.39, 0.29) is 11.7 Å². The van der Waals surface area contributed by atoms with E-state index in [9.17, 15) is 9.18 Å². The Labute approximate surface area is 121 Å². The van der Waals surface area contributed by atoms with Crippen LogP contribution in [-0.4, -0.2) is 25.0 Å². The zero-order chi connectivity index (χ0) is 15.0. The Balaban J connectivity index is 1.95. The van der Waals surface area contributed by atoms with E-state index >= 15 is 0 Å². The van der Waals surface area contributed by atoms with E-state index in [2.05, 4.69) is 15.6 Å².